The van der Waals surface area contributed by atoms with Gasteiger partial charge >= 0.3 is 6.18 Å². The summed E-state index contributed by atoms with van der Waals surface area (Å²) in [5, 5.41) is 2.50. The van der Waals surface area contributed by atoms with Gasteiger partial charge in [0.05, 0.1) is 5.56 Å². The minimum absolute atomic E-state index is 0.0641. The van der Waals surface area contributed by atoms with Crippen LogP contribution in [0.2, 0.25) is 0 Å². The third-order valence-electron chi connectivity index (χ3n) is 2.99. The number of hydrogen-bond acceptors (Lipinski definition) is 2. The van der Waals surface area contributed by atoms with Gasteiger partial charge in [-0.05, 0) is 48.9 Å². The summed E-state index contributed by atoms with van der Waals surface area (Å²) in [6.07, 6.45) is -4.48. The fourth-order valence-corrected chi connectivity index (χ4v) is 1.86. The molecule has 0 fully saturated rings. The van der Waals surface area contributed by atoms with Crippen LogP contribution in [-0.4, -0.2) is 12.5 Å². The molecular weight excluding hydrogens is 314 g/mol. The average Bonchev–Trinajstić information content (AvgIpc) is 2.47. The van der Waals surface area contributed by atoms with Gasteiger partial charge in [0.2, 0.25) is 0 Å². The minimum Gasteiger partial charge on any atom is -0.484 e. The second-order valence-corrected chi connectivity index (χ2v) is 4.82. The lowest BCUT2D eigenvalue weighted by Gasteiger charge is -2.11. The van der Waals surface area contributed by atoms with Crippen LogP contribution in [0.15, 0.2) is 42.5 Å². The van der Waals surface area contributed by atoms with Crippen molar-refractivity contribution < 1.29 is 27.1 Å². The van der Waals surface area contributed by atoms with E-state index in [4.69, 9.17) is 4.74 Å². The Morgan fingerprint density at radius 2 is 1.91 bits per heavy atom. The molecule has 0 heterocycles. The molecule has 122 valence electrons. The van der Waals surface area contributed by atoms with Crippen molar-refractivity contribution in [1.29, 1.82) is 0 Å². The fourth-order valence-electron chi connectivity index (χ4n) is 1.86. The lowest BCUT2D eigenvalue weighted by molar-refractivity contribution is -0.137. The number of ether oxygens (including phenoxy) is 1. The summed E-state index contributed by atoms with van der Waals surface area (Å²) < 4.78 is 55.7. The molecule has 0 saturated carbocycles. The Morgan fingerprint density at radius 1 is 1.17 bits per heavy atom. The zero-order valence-electron chi connectivity index (χ0n) is 12.1. The van der Waals surface area contributed by atoms with E-state index in [1.807, 2.05) is 0 Å². The van der Waals surface area contributed by atoms with E-state index in [9.17, 15) is 22.4 Å². The average molecular weight is 327 g/mol. The summed E-state index contributed by atoms with van der Waals surface area (Å²) in [7, 11) is 0. The molecule has 0 spiro atoms. The van der Waals surface area contributed by atoms with E-state index in [-0.39, 0.29) is 5.75 Å². The number of carbonyl (C=O) groups is 1. The summed E-state index contributed by atoms with van der Waals surface area (Å²) in [6.45, 7) is 1.16. The van der Waals surface area contributed by atoms with Crippen molar-refractivity contribution >= 4 is 11.6 Å². The van der Waals surface area contributed by atoms with Crippen LogP contribution in [0.5, 0.6) is 5.75 Å². The highest BCUT2D eigenvalue weighted by Crippen LogP contribution is 2.31. The van der Waals surface area contributed by atoms with Gasteiger partial charge in [0.25, 0.3) is 5.91 Å². The number of benzene rings is 2. The number of amides is 1. The molecule has 0 aromatic heterocycles. The molecule has 1 N–H and O–H groups in total. The maximum Gasteiger partial charge on any atom is 0.416 e. The highest BCUT2D eigenvalue weighted by atomic mass is 19.4. The maximum absolute atomic E-state index is 13.0. The molecule has 0 saturated heterocycles. The number of aryl methyl sites for hydroxylation is 1. The van der Waals surface area contributed by atoms with E-state index >= 15 is 0 Å². The van der Waals surface area contributed by atoms with Crippen LogP contribution in [0.4, 0.5) is 23.2 Å². The van der Waals surface area contributed by atoms with Crippen molar-refractivity contribution in [2.24, 2.45) is 0 Å². The van der Waals surface area contributed by atoms with Gasteiger partial charge in [-0.2, -0.15) is 13.2 Å². The molecule has 0 bridgehead atoms. The number of carbonyl (C=O) groups excluding carboxylic acids is 1. The number of rotatable bonds is 4. The Morgan fingerprint density at radius 3 is 2.57 bits per heavy atom. The number of nitrogens with one attached hydrogen (secondary N) is 1. The number of hydrogen-bond donors (Lipinski definition) is 1. The molecule has 0 atom stereocenters. The van der Waals surface area contributed by atoms with E-state index in [2.05, 4.69) is 5.32 Å². The molecule has 2 aromatic carbocycles. The molecule has 0 aliphatic rings. The van der Waals surface area contributed by atoms with E-state index in [1.165, 1.54) is 30.3 Å². The summed E-state index contributed by atoms with van der Waals surface area (Å²) in [5.41, 5.74) is 0.0752. The van der Waals surface area contributed by atoms with Gasteiger partial charge in [-0.15, -0.1) is 0 Å². The Kier molecular flexibility index (Phi) is 4.88. The first-order valence-electron chi connectivity index (χ1n) is 6.62. The Bertz CT molecular complexity index is 713. The molecule has 23 heavy (non-hydrogen) atoms. The van der Waals surface area contributed by atoms with Gasteiger partial charge in [-0.1, -0.05) is 6.07 Å². The molecule has 0 radical (unpaired) electrons. The van der Waals surface area contributed by atoms with Gasteiger partial charge in [0.15, 0.2) is 6.61 Å². The first-order valence-corrected chi connectivity index (χ1v) is 6.62. The van der Waals surface area contributed by atoms with Crippen LogP contribution in [0, 0.1) is 12.7 Å². The first-order chi connectivity index (χ1) is 10.8. The normalized spacial score (nSPS) is 11.2. The van der Waals surface area contributed by atoms with Crippen molar-refractivity contribution in [2.45, 2.75) is 13.1 Å². The zero-order valence-corrected chi connectivity index (χ0v) is 12.1. The van der Waals surface area contributed by atoms with Crippen LogP contribution >= 0.6 is 0 Å². The van der Waals surface area contributed by atoms with E-state index in [1.54, 1.807) is 6.92 Å². The Hall–Kier alpha value is -2.57. The Labute approximate surface area is 129 Å². The van der Waals surface area contributed by atoms with Crippen molar-refractivity contribution in [3.8, 4) is 5.75 Å². The fraction of sp³-hybridized carbons (Fsp3) is 0.188. The predicted molar refractivity (Wildman–Crippen MR) is 76.7 cm³/mol. The highest BCUT2D eigenvalue weighted by molar-refractivity contribution is 5.92. The largest absolute Gasteiger partial charge is 0.484 e. The molecule has 2 rings (SSSR count). The van der Waals surface area contributed by atoms with Crippen molar-refractivity contribution in [2.75, 3.05) is 11.9 Å². The van der Waals surface area contributed by atoms with Gasteiger partial charge < -0.3 is 10.1 Å². The highest BCUT2D eigenvalue weighted by Gasteiger charge is 2.30. The van der Waals surface area contributed by atoms with Gasteiger partial charge in [0, 0.05) is 5.69 Å². The van der Waals surface area contributed by atoms with Crippen molar-refractivity contribution in [3.63, 3.8) is 0 Å². The molecule has 0 unspecified atom stereocenters. The van der Waals surface area contributed by atoms with Crippen molar-refractivity contribution in [3.05, 3.63) is 59.4 Å². The maximum atomic E-state index is 13.0. The molecule has 7 heteroatoms. The van der Waals surface area contributed by atoms with Crippen LogP contribution < -0.4 is 10.1 Å². The molecule has 2 aromatic rings. The monoisotopic (exact) mass is 327 g/mol. The van der Waals surface area contributed by atoms with Crippen LogP contribution in [0.25, 0.3) is 0 Å². The SMILES string of the molecule is Cc1cc(F)ccc1NC(=O)COc1cccc(C(F)(F)F)c1. The number of anilines is 1. The number of alkyl halides is 3. The zero-order chi connectivity index (χ0) is 17.0. The number of halogens is 4. The van der Waals surface area contributed by atoms with E-state index in [0.29, 0.717) is 11.3 Å². The molecule has 3 nitrogen and oxygen atoms in total. The smallest absolute Gasteiger partial charge is 0.416 e. The quantitative estimate of drug-likeness (QED) is 0.856. The van der Waals surface area contributed by atoms with Gasteiger partial charge in [0.1, 0.15) is 11.6 Å². The molecule has 0 aliphatic carbocycles. The predicted octanol–water partition coefficient (Wildman–Crippen LogP) is 4.17. The summed E-state index contributed by atoms with van der Waals surface area (Å²) >= 11 is 0. The topological polar surface area (TPSA) is 38.3 Å². The standard InChI is InChI=1S/C16H13F4NO2/c1-10-7-12(17)5-6-14(10)21-15(22)9-23-13-4-2-3-11(8-13)16(18,19)20/h2-8H,9H2,1H3,(H,21,22). The lowest BCUT2D eigenvalue weighted by atomic mass is 10.2. The van der Waals surface area contributed by atoms with Crippen LogP contribution in [-0.2, 0) is 11.0 Å². The van der Waals surface area contributed by atoms with Gasteiger partial charge in [-0.3, -0.25) is 4.79 Å². The van der Waals surface area contributed by atoms with E-state index < -0.39 is 30.1 Å². The third kappa shape index (κ3) is 4.70. The summed E-state index contributed by atoms with van der Waals surface area (Å²) in [4.78, 5) is 11.8. The second kappa shape index (κ2) is 6.68. The third-order valence-corrected chi connectivity index (χ3v) is 2.99. The lowest BCUT2D eigenvalue weighted by Crippen LogP contribution is -2.20. The van der Waals surface area contributed by atoms with E-state index in [0.717, 1.165) is 12.1 Å². The van der Waals surface area contributed by atoms with Crippen LogP contribution in [0.3, 0.4) is 0 Å². The molecule has 1 amide bonds. The summed E-state index contributed by atoms with van der Waals surface area (Å²) in [6, 6.07) is 8.09. The second-order valence-electron chi connectivity index (χ2n) is 4.82. The van der Waals surface area contributed by atoms with Crippen LogP contribution in [0.1, 0.15) is 11.1 Å². The minimum atomic E-state index is -4.48. The summed E-state index contributed by atoms with van der Waals surface area (Å²) in [5.74, 6) is -1.05. The van der Waals surface area contributed by atoms with Crippen molar-refractivity contribution in [1.82, 2.24) is 0 Å². The first kappa shape index (κ1) is 16.8. The molecule has 0 aliphatic heterocycles. The molecular formula is C16H13F4NO2. The Balaban J connectivity index is 1.97. The van der Waals surface area contributed by atoms with Gasteiger partial charge in [-0.25, -0.2) is 4.39 Å².